The lowest BCUT2D eigenvalue weighted by molar-refractivity contribution is 1.28. The molecular formula is C122H84N4. The molecule has 23 aromatic carbocycles. The molecule has 0 unspecified atom stereocenters. The van der Waals surface area contributed by atoms with Gasteiger partial charge >= 0.3 is 0 Å². The molecule has 0 aliphatic rings. The zero-order valence-electron chi connectivity index (χ0n) is 69.3. The minimum absolute atomic E-state index is 1.08. The summed E-state index contributed by atoms with van der Waals surface area (Å²) in [6.45, 7) is 0. The third kappa shape index (κ3) is 14.2. The summed E-state index contributed by atoms with van der Waals surface area (Å²) in [5.41, 5.74) is 30.0. The molecule has 4 nitrogen and oxygen atoms in total. The van der Waals surface area contributed by atoms with Gasteiger partial charge in [0, 0.05) is 73.0 Å². The van der Waals surface area contributed by atoms with Crippen molar-refractivity contribution in [3.63, 3.8) is 0 Å². The van der Waals surface area contributed by atoms with E-state index in [1.165, 1.54) is 120 Å². The summed E-state index contributed by atoms with van der Waals surface area (Å²) >= 11 is 0. The monoisotopic (exact) mass is 1600 g/mol. The molecule has 0 aromatic heterocycles. The number of rotatable bonds is 19. The Balaban J connectivity index is 0.000000150. The number of nitrogens with zero attached hydrogens (tertiary/aromatic N) is 4. The Bertz CT molecular complexity index is 7640. The van der Waals surface area contributed by atoms with Crippen LogP contribution in [0, 0.1) is 0 Å². The molecule has 0 fully saturated rings. The predicted octanol–water partition coefficient (Wildman–Crippen LogP) is 34.7. The molecule has 0 radical (unpaired) electrons. The van der Waals surface area contributed by atoms with Crippen molar-refractivity contribution >= 4 is 133 Å². The van der Waals surface area contributed by atoms with E-state index >= 15 is 0 Å². The van der Waals surface area contributed by atoms with E-state index in [0.29, 0.717) is 0 Å². The van der Waals surface area contributed by atoms with Crippen LogP contribution in [0.3, 0.4) is 0 Å². The van der Waals surface area contributed by atoms with Gasteiger partial charge in [0.1, 0.15) is 0 Å². The molecule has 4 heteroatoms. The molecule has 23 aromatic rings. The van der Waals surface area contributed by atoms with Crippen molar-refractivity contribution in [1.29, 1.82) is 0 Å². The third-order valence-electron chi connectivity index (χ3n) is 24.8. The Hall–Kier alpha value is -16.7. The van der Waals surface area contributed by atoms with Gasteiger partial charge in [0.15, 0.2) is 0 Å². The molecule has 0 bridgehead atoms. The first-order valence-electron chi connectivity index (χ1n) is 43.3. The number of hydrogen-bond acceptors (Lipinski definition) is 4. The summed E-state index contributed by atoms with van der Waals surface area (Å²) < 4.78 is 0. The largest absolute Gasteiger partial charge is 0.310 e. The number of benzene rings is 23. The standard InChI is InChI=1S/C64H44N2.C58H40N2/c1-7-19-45(20-8-1)51-43-59(46-21-9-2-10-22-46)64(60(44-51)47-23-11-3-12-24-47)66(54-29-17-6-18-30-54)55-37-31-48(32-38-55)56-39-33-49-35-41-58-61(42-36-50-34-40-57(56)62(49)63(50)58)65(52-25-13-4-14-26-52)53-27-15-5-16-28-53;1-5-15-41(16-6-1)42-25-33-49(34-26-42)60(48-21-11-4-12-22-48)56-40-32-46-30-38-53-51(37-29-45-31-39-54(56)58(46)57(45)53)44-27-35-50(36-28-44)59(47-19-9-3-10-20-47)55-24-14-13-23-52(55)43-17-7-2-8-18-43/h1-44H;1-40H. The van der Waals surface area contributed by atoms with E-state index in [1.54, 1.807) is 0 Å². The second kappa shape index (κ2) is 33.4. The van der Waals surface area contributed by atoms with Gasteiger partial charge in [0.2, 0.25) is 0 Å². The van der Waals surface area contributed by atoms with Crippen LogP contribution in [-0.2, 0) is 0 Å². The Morgan fingerprint density at radius 2 is 0.349 bits per heavy atom. The van der Waals surface area contributed by atoms with Gasteiger partial charge < -0.3 is 19.6 Å². The highest BCUT2D eigenvalue weighted by Crippen LogP contribution is 2.53. The minimum Gasteiger partial charge on any atom is -0.310 e. The van der Waals surface area contributed by atoms with Crippen LogP contribution in [-0.4, -0.2) is 0 Å². The van der Waals surface area contributed by atoms with Crippen LogP contribution < -0.4 is 19.6 Å². The molecule has 0 heterocycles. The van der Waals surface area contributed by atoms with Crippen LogP contribution in [0.15, 0.2) is 510 Å². The maximum Gasteiger partial charge on any atom is 0.0618 e. The second-order valence-corrected chi connectivity index (χ2v) is 32.2. The summed E-state index contributed by atoms with van der Waals surface area (Å²) in [7, 11) is 0. The predicted molar refractivity (Wildman–Crippen MR) is 537 cm³/mol. The summed E-state index contributed by atoms with van der Waals surface area (Å²) in [6, 6.07) is 185. The molecule has 0 saturated heterocycles. The van der Waals surface area contributed by atoms with Crippen LogP contribution in [0.25, 0.3) is 143 Å². The van der Waals surface area contributed by atoms with Crippen LogP contribution >= 0.6 is 0 Å². The summed E-state index contributed by atoms with van der Waals surface area (Å²) in [4.78, 5) is 9.59. The van der Waals surface area contributed by atoms with E-state index in [0.717, 1.165) is 90.5 Å². The molecule has 0 aliphatic heterocycles. The van der Waals surface area contributed by atoms with Crippen molar-refractivity contribution in [3.8, 4) is 77.9 Å². The van der Waals surface area contributed by atoms with Crippen molar-refractivity contribution in [3.05, 3.63) is 510 Å². The second-order valence-electron chi connectivity index (χ2n) is 32.2. The average Bonchev–Trinajstić information content (AvgIpc) is 0.740. The van der Waals surface area contributed by atoms with Crippen LogP contribution in [0.2, 0.25) is 0 Å². The van der Waals surface area contributed by atoms with Gasteiger partial charge in [0.25, 0.3) is 0 Å². The van der Waals surface area contributed by atoms with E-state index < -0.39 is 0 Å². The highest BCUT2D eigenvalue weighted by atomic mass is 15.2. The highest BCUT2D eigenvalue weighted by Gasteiger charge is 2.27. The first kappa shape index (κ1) is 75.5. The maximum absolute atomic E-state index is 2.44. The van der Waals surface area contributed by atoms with Gasteiger partial charge in [-0.25, -0.2) is 0 Å². The molecule has 0 amide bonds. The zero-order valence-corrected chi connectivity index (χ0v) is 69.3. The van der Waals surface area contributed by atoms with Crippen LogP contribution in [0.5, 0.6) is 0 Å². The fourth-order valence-corrected chi connectivity index (χ4v) is 18.9. The number of para-hydroxylation sites is 6. The van der Waals surface area contributed by atoms with E-state index in [-0.39, 0.29) is 0 Å². The SMILES string of the molecule is c1ccc(-c2cc(-c3ccccc3)c(N(c3ccccc3)c3ccc(-c4ccc5ccc6c(N(c7ccccc7)c7ccccc7)ccc7ccc4c5c76)cc3)c(-c3ccccc3)c2)cc1.c1ccc(-c2ccc(N(c3ccccc3)c3ccc4ccc5c(-c6ccc(N(c7ccccc7)c7ccccc7-c7ccccc7)cc6)ccc6ccc3c4c65)cc2)cc1. The fourth-order valence-electron chi connectivity index (χ4n) is 18.9. The normalized spacial score (nSPS) is 11.3. The molecule has 0 spiro atoms. The first-order valence-corrected chi connectivity index (χ1v) is 43.3. The van der Waals surface area contributed by atoms with Crippen molar-refractivity contribution in [2.75, 3.05) is 19.6 Å². The minimum atomic E-state index is 1.08. The lowest BCUT2D eigenvalue weighted by atomic mass is 9.88. The number of anilines is 12. The molecule has 0 N–H and O–H groups in total. The van der Waals surface area contributed by atoms with Gasteiger partial charge in [-0.15, -0.1) is 0 Å². The van der Waals surface area contributed by atoms with Gasteiger partial charge in [0.05, 0.1) is 22.7 Å². The van der Waals surface area contributed by atoms with Crippen molar-refractivity contribution in [2.45, 2.75) is 0 Å². The van der Waals surface area contributed by atoms with E-state index in [4.69, 9.17) is 0 Å². The van der Waals surface area contributed by atoms with Gasteiger partial charge in [-0.3, -0.25) is 0 Å². The molecule has 126 heavy (non-hydrogen) atoms. The zero-order chi connectivity index (χ0) is 83.6. The fraction of sp³-hybridized carbons (Fsp3) is 0. The van der Waals surface area contributed by atoms with E-state index in [2.05, 4.69) is 529 Å². The topological polar surface area (TPSA) is 13.0 Å². The van der Waals surface area contributed by atoms with Crippen molar-refractivity contribution in [2.24, 2.45) is 0 Å². The van der Waals surface area contributed by atoms with Crippen LogP contribution in [0.1, 0.15) is 0 Å². The van der Waals surface area contributed by atoms with E-state index in [9.17, 15) is 0 Å². The third-order valence-corrected chi connectivity index (χ3v) is 24.8. The Morgan fingerprint density at radius 3 is 0.714 bits per heavy atom. The molecule has 0 atom stereocenters. The Morgan fingerprint density at radius 1 is 0.119 bits per heavy atom. The molecule has 0 saturated carbocycles. The van der Waals surface area contributed by atoms with Crippen molar-refractivity contribution < 1.29 is 0 Å². The Kier molecular flexibility index (Phi) is 20.0. The number of hydrogen-bond donors (Lipinski definition) is 0. The highest BCUT2D eigenvalue weighted by molar-refractivity contribution is 6.29. The van der Waals surface area contributed by atoms with Gasteiger partial charge in [-0.05, 0) is 242 Å². The van der Waals surface area contributed by atoms with Crippen LogP contribution in [0.4, 0.5) is 68.2 Å². The lowest BCUT2D eigenvalue weighted by Crippen LogP contribution is -2.13. The van der Waals surface area contributed by atoms with E-state index in [1.807, 2.05) is 0 Å². The quantitative estimate of drug-likeness (QED) is 0.0748. The molecule has 0 aliphatic carbocycles. The average molecular weight is 1610 g/mol. The van der Waals surface area contributed by atoms with Gasteiger partial charge in [-0.2, -0.15) is 0 Å². The molecule has 23 rings (SSSR count). The van der Waals surface area contributed by atoms with Crippen molar-refractivity contribution in [1.82, 2.24) is 0 Å². The Labute approximate surface area is 734 Å². The smallest absolute Gasteiger partial charge is 0.0618 e. The molecule has 592 valence electrons. The first-order chi connectivity index (χ1) is 62.5. The summed E-state index contributed by atoms with van der Waals surface area (Å²) in [6.07, 6.45) is 0. The summed E-state index contributed by atoms with van der Waals surface area (Å²) in [5, 5.41) is 15.1. The molecular weight excluding hydrogens is 1520 g/mol. The summed E-state index contributed by atoms with van der Waals surface area (Å²) in [5.74, 6) is 0. The maximum atomic E-state index is 2.44. The lowest BCUT2D eigenvalue weighted by Gasteiger charge is -2.31. The van der Waals surface area contributed by atoms with Gasteiger partial charge in [-0.1, -0.05) is 382 Å².